The first-order chi connectivity index (χ1) is 16.9. The highest BCUT2D eigenvalue weighted by Gasteiger charge is 2.25. The normalized spacial score (nSPS) is 18.3. The lowest BCUT2D eigenvalue weighted by molar-refractivity contribution is 0.368. The van der Waals surface area contributed by atoms with Crippen molar-refractivity contribution in [1.82, 2.24) is 14.6 Å². The highest BCUT2D eigenvalue weighted by molar-refractivity contribution is 6.04. The Labute approximate surface area is 207 Å². The number of hydrogen-bond acceptors (Lipinski definition) is 4. The Morgan fingerprint density at radius 2 is 1.97 bits per heavy atom. The van der Waals surface area contributed by atoms with Gasteiger partial charge in [-0.3, -0.25) is 4.68 Å². The van der Waals surface area contributed by atoms with E-state index in [4.69, 9.17) is 29.0 Å². The van der Waals surface area contributed by atoms with E-state index < -0.39 is 5.82 Å². The topological polar surface area (TPSA) is 39.5 Å². The van der Waals surface area contributed by atoms with Crippen molar-refractivity contribution in [1.29, 1.82) is 0 Å². The molecule has 5 nitrogen and oxygen atoms in total. The smallest absolute Gasteiger partial charge is 0.207 e. The zero-order valence-corrected chi connectivity index (χ0v) is 20.6. The van der Waals surface area contributed by atoms with Crippen LogP contribution in [0.1, 0.15) is 33.2 Å². The monoisotopic (exact) mass is 469 g/mol. The number of ether oxygens (including phenoxy) is 2. The molecular formula is C28H29BFN3O2. The van der Waals surface area contributed by atoms with Gasteiger partial charge in [0.05, 0.1) is 24.2 Å². The van der Waals surface area contributed by atoms with Crippen molar-refractivity contribution in [3.63, 3.8) is 0 Å². The second kappa shape index (κ2) is 10.4. The van der Waals surface area contributed by atoms with Crippen LogP contribution in [0.3, 0.4) is 0 Å². The van der Waals surface area contributed by atoms with Gasteiger partial charge < -0.3 is 14.3 Å². The third-order valence-electron chi connectivity index (χ3n) is 6.55. The first-order valence-corrected chi connectivity index (χ1v) is 11.7. The summed E-state index contributed by atoms with van der Waals surface area (Å²) in [5.74, 6) is 3.04. The van der Waals surface area contributed by atoms with Crippen LogP contribution in [0.5, 0.6) is 17.2 Å². The molecule has 4 rings (SSSR count). The molecule has 35 heavy (non-hydrogen) atoms. The van der Waals surface area contributed by atoms with Gasteiger partial charge in [-0.25, -0.2) is 0 Å². The van der Waals surface area contributed by atoms with Gasteiger partial charge in [0.25, 0.3) is 0 Å². The zero-order chi connectivity index (χ0) is 25.1. The maximum atomic E-state index is 14.5. The molecule has 1 fully saturated rings. The molecule has 7 heteroatoms. The fraction of sp³-hybridized carbons (Fsp3) is 0.321. The van der Waals surface area contributed by atoms with E-state index in [0.717, 1.165) is 46.9 Å². The minimum Gasteiger partial charge on any atom is -0.494 e. The predicted molar refractivity (Wildman–Crippen MR) is 138 cm³/mol. The molecule has 1 saturated heterocycles. The second-order valence-corrected chi connectivity index (χ2v) is 8.75. The van der Waals surface area contributed by atoms with Gasteiger partial charge in [0.15, 0.2) is 19.5 Å². The van der Waals surface area contributed by atoms with Crippen LogP contribution in [-0.4, -0.2) is 42.8 Å². The van der Waals surface area contributed by atoms with Crippen molar-refractivity contribution in [2.24, 2.45) is 5.92 Å². The number of benzene rings is 2. The van der Waals surface area contributed by atoms with Crippen LogP contribution in [0.2, 0.25) is 0 Å². The predicted octanol–water partition coefficient (Wildman–Crippen LogP) is 4.06. The van der Waals surface area contributed by atoms with Gasteiger partial charge in [-0.15, -0.1) is 6.42 Å². The van der Waals surface area contributed by atoms with E-state index in [1.807, 2.05) is 42.9 Å². The lowest BCUT2D eigenvalue weighted by Crippen LogP contribution is -2.36. The summed E-state index contributed by atoms with van der Waals surface area (Å²) in [4.78, 5) is 1.83. The molecule has 0 N–H and O–H groups in total. The van der Waals surface area contributed by atoms with E-state index in [0.29, 0.717) is 5.75 Å². The summed E-state index contributed by atoms with van der Waals surface area (Å²) in [6, 6.07) is 12.5. The number of halogens is 1. The lowest BCUT2D eigenvalue weighted by Gasteiger charge is -2.14. The average Bonchev–Trinajstić information content (AvgIpc) is 3.48. The Morgan fingerprint density at radius 1 is 1.26 bits per heavy atom. The number of terminal acetylenes is 1. The molecule has 2 atom stereocenters. The summed E-state index contributed by atoms with van der Waals surface area (Å²) >= 11 is 0. The maximum absolute atomic E-state index is 14.5. The molecule has 1 aliphatic heterocycles. The van der Waals surface area contributed by atoms with Crippen LogP contribution >= 0.6 is 0 Å². The molecule has 0 aliphatic carbocycles. The molecule has 178 valence electrons. The van der Waals surface area contributed by atoms with E-state index in [2.05, 4.69) is 23.6 Å². The molecule has 2 aromatic carbocycles. The highest BCUT2D eigenvalue weighted by atomic mass is 19.1. The third kappa shape index (κ3) is 4.85. The van der Waals surface area contributed by atoms with Crippen LogP contribution in [0.15, 0.2) is 42.5 Å². The summed E-state index contributed by atoms with van der Waals surface area (Å²) in [5, 5.41) is 7.14. The van der Waals surface area contributed by atoms with Gasteiger partial charge in [0, 0.05) is 23.2 Å². The summed E-state index contributed by atoms with van der Waals surface area (Å²) < 4.78 is 27.4. The van der Waals surface area contributed by atoms with Gasteiger partial charge in [-0.05, 0) is 75.7 Å². The van der Waals surface area contributed by atoms with E-state index in [-0.39, 0.29) is 23.5 Å². The minimum absolute atomic E-state index is 0.0269. The van der Waals surface area contributed by atoms with Crippen LogP contribution < -0.4 is 20.0 Å². The Bertz CT molecular complexity index is 1370. The molecule has 1 unspecified atom stereocenters. The summed E-state index contributed by atoms with van der Waals surface area (Å²) in [6.45, 7) is 7.66. The Morgan fingerprint density at radius 3 is 2.57 bits per heavy atom. The van der Waals surface area contributed by atoms with Crippen molar-refractivity contribution in [2.45, 2.75) is 33.2 Å². The Hall–Kier alpha value is -3.50. The standard InChI is InChI=1S/C28H29BFN3O2/c1-6-18(3)19(4)28-23(7-2)27(31-33(28)21-15-16-32(29)17-21)20-11-13-22(14-12-20)35-25-10-8-9-24(34-5)26(25)30/h1,7-14,18,21H,15-17H2,2-5H3/b23-7-,28-19+/t18?,21-/m1/s1. The number of methoxy groups -OCH3 is 1. The maximum Gasteiger partial charge on any atom is 0.207 e. The quantitative estimate of drug-likeness (QED) is 0.403. The van der Waals surface area contributed by atoms with Crippen molar-refractivity contribution >= 4 is 19.6 Å². The Kier molecular flexibility index (Phi) is 7.32. The molecular weight excluding hydrogens is 440 g/mol. The van der Waals surface area contributed by atoms with Gasteiger partial charge in [-0.2, -0.15) is 9.49 Å². The summed E-state index contributed by atoms with van der Waals surface area (Å²) in [7, 11) is 7.49. The number of nitrogens with zero attached hydrogens (tertiary/aromatic N) is 3. The summed E-state index contributed by atoms with van der Waals surface area (Å²) in [5.41, 5.74) is 2.89. The largest absolute Gasteiger partial charge is 0.494 e. The van der Waals surface area contributed by atoms with Crippen LogP contribution in [0.4, 0.5) is 4.39 Å². The lowest BCUT2D eigenvalue weighted by atomic mass is 10.0. The first kappa shape index (κ1) is 24.6. The number of hydrogen-bond donors (Lipinski definition) is 0. The van der Waals surface area contributed by atoms with E-state index in [1.54, 1.807) is 18.2 Å². The van der Waals surface area contributed by atoms with E-state index in [9.17, 15) is 4.39 Å². The third-order valence-corrected chi connectivity index (χ3v) is 6.55. The van der Waals surface area contributed by atoms with Gasteiger partial charge in [0.2, 0.25) is 5.82 Å². The van der Waals surface area contributed by atoms with Crippen molar-refractivity contribution in [2.75, 3.05) is 20.2 Å². The molecule has 1 aliphatic rings. The molecule has 0 bridgehead atoms. The van der Waals surface area contributed by atoms with E-state index in [1.165, 1.54) is 7.11 Å². The molecule has 2 heterocycles. The van der Waals surface area contributed by atoms with Crippen molar-refractivity contribution < 1.29 is 13.9 Å². The SMILES string of the molecule is [B]N1CC[C@@H](n2nc(-c3ccc(Oc4cccc(OC)c4F)cc3)c(=C/C)/c2=C(/C)C(C)C#C)C1. The fourth-order valence-corrected chi connectivity index (χ4v) is 4.42. The van der Waals surface area contributed by atoms with Crippen LogP contribution in [-0.2, 0) is 0 Å². The van der Waals surface area contributed by atoms with Crippen molar-refractivity contribution in [3.05, 3.63) is 58.8 Å². The molecule has 0 spiro atoms. The molecule has 0 saturated carbocycles. The second-order valence-electron chi connectivity index (χ2n) is 8.75. The van der Waals surface area contributed by atoms with Gasteiger partial charge in [-0.1, -0.05) is 18.1 Å². The Balaban J connectivity index is 1.77. The minimum atomic E-state index is -0.538. The summed E-state index contributed by atoms with van der Waals surface area (Å²) in [6.07, 6.45) is 8.76. The average molecular weight is 469 g/mol. The number of aromatic nitrogens is 2. The van der Waals surface area contributed by atoms with Gasteiger partial charge >= 0.3 is 0 Å². The molecule has 3 aromatic rings. The van der Waals surface area contributed by atoms with Crippen molar-refractivity contribution in [3.8, 4) is 40.8 Å². The first-order valence-electron chi connectivity index (χ1n) is 11.7. The zero-order valence-electron chi connectivity index (χ0n) is 20.6. The molecule has 0 amide bonds. The molecule has 1 aromatic heterocycles. The van der Waals surface area contributed by atoms with Crippen LogP contribution in [0, 0.1) is 24.1 Å². The fourth-order valence-electron chi connectivity index (χ4n) is 4.42. The molecule has 2 radical (unpaired) electrons. The highest BCUT2D eigenvalue weighted by Crippen LogP contribution is 2.31. The number of rotatable bonds is 6. The van der Waals surface area contributed by atoms with Gasteiger partial charge in [0.1, 0.15) is 5.75 Å². The van der Waals surface area contributed by atoms with Crippen LogP contribution in [0.25, 0.3) is 22.9 Å². The van der Waals surface area contributed by atoms with E-state index >= 15 is 0 Å².